The van der Waals surface area contributed by atoms with Crippen LogP contribution in [-0.4, -0.2) is 16.3 Å². The molecule has 25 heavy (non-hydrogen) atoms. The third kappa shape index (κ3) is 2.65. The molecular formula is C18H13F4N3. The molecule has 3 aromatic rings. The van der Waals surface area contributed by atoms with Crippen LogP contribution in [0.1, 0.15) is 11.1 Å². The van der Waals surface area contributed by atoms with E-state index in [0.29, 0.717) is 30.0 Å². The molecule has 0 spiro atoms. The van der Waals surface area contributed by atoms with Crippen molar-refractivity contribution in [1.29, 1.82) is 0 Å². The van der Waals surface area contributed by atoms with Crippen molar-refractivity contribution in [1.82, 2.24) is 9.78 Å². The fraction of sp³-hybridized carbons (Fsp3) is 0.167. The molecule has 3 nitrogen and oxygen atoms in total. The van der Waals surface area contributed by atoms with Gasteiger partial charge in [-0.3, -0.25) is 0 Å². The smallest absolute Gasteiger partial charge is 0.369 e. The highest BCUT2D eigenvalue weighted by Gasteiger charge is 2.35. The molecule has 0 saturated carbocycles. The third-order valence-electron chi connectivity index (χ3n) is 4.21. The lowest BCUT2D eigenvalue weighted by Gasteiger charge is -2.14. The van der Waals surface area contributed by atoms with Gasteiger partial charge in [-0.15, -0.1) is 0 Å². The van der Waals surface area contributed by atoms with E-state index in [1.54, 1.807) is 18.2 Å². The summed E-state index contributed by atoms with van der Waals surface area (Å²) in [7, 11) is 0. The molecule has 1 aliphatic rings. The van der Waals surface area contributed by atoms with Crippen molar-refractivity contribution < 1.29 is 17.6 Å². The minimum Gasteiger partial charge on any atom is -0.369 e. The van der Waals surface area contributed by atoms with Crippen LogP contribution in [0.4, 0.5) is 23.4 Å². The normalized spacial score (nSPS) is 13.6. The van der Waals surface area contributed by atoms with Crippen molar-refractivity contribution in [3.05, 3.63) is 65.5 Å². The number of anilines is 1. The SMILES string of the molecule is Fc1ccc(-c2nn(-c3ccccc3C(F)(F)F)c3c2CCN3)cc1. The highest BCUT2D eigenvalue weighted by atomic mass is 19.4. The second-order valence-corrected chi connectivity index (χ2v) is 5.79. The summed E-state index contributed by atoms with van der Waals surface area (Å²) in [5.74, 6) is 0.177. The number of rotatable bonds is 2. The number of benzene rings is 2. The van der Waals surface area contributed by atoms with Gasteiger partial charge in [-0.1, -0.05) is 12.1 Å². The summed E-state index contributed by atoms with van der Waals surface area (Å²) in [6.45, 7) is 0.621. The monoisotopic (exact) mass is 347 g/mol. The Bertz CT molecular complexity index is 926. The molecule has 0 radical (unpaired) electrons. The number of hydrogen-bond acceptors (Lipinski definition) is 2. The largest absolute Gasteiger partial charge is 0.418 e. The fourth-order valence-electron chi connectivity index (χ4n) is 3.09. The van der Waals surface area contributed by atoms with E-state index >= 15 is 0 Å². The maximum Gasteiger partial charge on any atom is 0.418 e. The van der Waals surface area contributed by atoms with E-state index in [1.807, 2.05) is 0 Å². The van der Waals surface area contributed by atoms with Crippen LogP contribution in [0.25, 0.3) is 16.9 Å². The zero-order chi connectivity index (χ0) is 17.6. The maximum atomic E-state index is 13.4. The summed E-state index contributed by atoms with van der Waals surface area (Å²) in [4.78, 5) is 0. The lowest BCUT2D eigenvalue weighted by atomic mass is 10.1. The fourth-order valence-corrected chi connectivity index (χ4v) is 3.09. The van der Waals surface area contributed by atoms with E-state index in [4.69, 9.17) is 0 Å². The Morgan fingerprint density at radius 2 is 1.72 bits per heavy atom. The van der Waals surface area contributed by atoms with Crippen molar-refractivity contribution in [3.8, 4) is 16.9 Å². The molecule has 1 aliphatic heterocycles. The van der Waals surface area contributed by atoms with Gasteiger partial charge in [-0.05, 0) is 42.8 Å². The first-order valence-corrected chi connectivity index (χ1v) is 7.73. The Morgan fingerprint density at radius 3 is 2.44 bits per heavy atom. The molecule has 7 heteroatoms. The van der Waals surface area contributed by atoms with E-state index in [9.17, 15) is 17.6 Å². The van der Waals surface area contributed by atoms with Crippen LogP contribution in [0.15, 0.2) is 48.5 Å². The van der Waals surface area contributed by atoms with Crippen LogP contribution in [0.2, 0.25) is 0 Å². The lowest BCUT2D eigenvalue weighted by molar-refractivity contribution is -0.137. The number of fused-ring (bicyclic) bond motifs is 1. The molecule has 0 atom stereocenters. The topological polar surface area (TPSA) is 29.9 Å². The number of nitrogens with one attached hydrogen (secondary N) is 1. The Hall–Kier alpha value is -2.83. The minimum absolute atomic E-state index is 0.0333. The van der Waals surface area contributed by atoms with Crippen molar-refractivity contribution in [2.75, 3.05) is 11.9 Å². The Kier molecular flexibility index (Phi) is 3.52. The Balaban J connectivity index is 1.91. The molecule has 0 saturated heterocycles. The zero-order valence-electron chi connectivity index (χ0n) is 12.9. The molecule has 1 aromatic heterocycles. The summed E-state index contributed by atoms with van der Waals surface area (Å²) >= 11 is 0. The van der Waals surface area contributed by atoms with Crippen LogP contribution in [-0.2, 0) is 12.6 Å². The lowest BCUT2D eigenvalue weighted by Crippen LogP contribution is -2.13. The first kappa shape index (κ1) is 15.7. The number of para-hydroxylation sites is 1. The van der Waals surface area contributed by atoms with Crippen molar-refractivity contribution in [2.45, 2.75) is 12.6 Å². The van der Waals surface area contributed by atoms with Crippen LogP contribution >= 0.6 is 0 Å². The molecule has 1 N–H and O–H groups in total. The zero-order valence-corrected chi connectivity index (χ0v) is 12.9. The molecule has 0 amide bonds. The molecule has 2 aromatic carbocycles. The van der Waals surface area contributed by atoms with Crippen molar-refractivity contribution >= 4 is 5.82 Å². The standard InChI is InChI=1S/C18H13F4N3/c19-12-7-5-11(6-8-12)16-13-9-10-23-17(13)25(24-16)15-4-2-1-3-14(15)18(20,21)22/h1-8,23H,9-10H2. The van der Waals surface area contributed by atoms with Gasteiger partial charge in [0, 0.05) is 17.7 Å². The second-order valence-electron chi connectivity index (χ2n) is 5.79. The highest BCUT2D eigenvalue weighted by Crippen LogP contribution is 2.39. The summed E-state index contributed by atoms with van der Waals surface area (Å²) in [6, 6.07) is 11.1. The van der Waals surface area contributed by atoms with Gasteiger partial charge >= 0.3 is 6.18 Å². The Morgan fingerprint density at radius 1 is 1.00 bits per heavy atom. The van der Waals surface area contributed by atoms with Gasteiger partial charge in [0.1, 0.15) is 11.6 Å². The molecule has 0 bridgehead atoms. The van der Waals surface area contributed by atoms with Gasteiger partial charge in [0.15, 0.2) is 0 Å². The van der Waals surface area contributed by atoms with E-state index in [-0.39, 0.29) is 11.5 Å². The molecule has 4 rings (SSSR count). The number of hydrogen-bond donors (Lipinski definition) is 1. The van der Waals surface area contributed by atoms with E-state index in [2.05, 4.69) is 10.4 Å². The van der Waals surface area contributed by atoms with Crippen LogP contribution in [0, 0.1) is 5.82 Å². The molecule has 2 heterocycles. The maximum absolute atomic E-state index is 13.4. The quantitative estimate of drug-likeness (QED) is 0.683. The van der Waals surface area contributed by atoms with Gasteiger partial charge in [0.2, 0.25) is 0 Å². The minimum atomic E-state index is -4.48. The first-order chi connectivity index (χ1) is 11.9. The highest BCUT2D eigenvalue weighted by molar-refractivity contribution is 5.73. The van der Waals surface area contributed by atoms with Crippen LogP contribution in [0.3, 0.4) is 0 Å². The van der Waals surface area contributed by atoms with E-state index in [1.165, 1.54) is 28.9 Å². The number of aromatic nitrogens is 2. The van der Waals surface area contributed by atoms with E-state index in [0.717, 1.165) is 11.6 Å². The number of alkyl halides is 3. The van der Waals surface area contributed by atoms with Gasteiger partial charge < -0.3 is 5.32 Å². The first-order valence-electron chi connectivity index (χ1n) is 7.73. The number of halogens is 4. The van der Waals surface area contributed by atoms with Crippen LogP contribution < -0.4 is 5.32 Å². The molecular weight excluding hydrogens is 334 g/mol. The average molecular weight is 347 g/mol. The van der Waals surface area contributed by atoms with Gasteiger partial charge in [0.05, 0.1) is 16.9 Å². The second kappa shape index (κ2) is 5.61. The Labute approximate surface area is 140 Å². The van der Waals surface area contributed by atoms with Crippen LogP contribution in [0.5, 0.6) is 0 Å². The van der Waals surface area contributed by atoms with Gasteiger partial charge in [0.25, 0.3) is 0 Å². The molecule has 0 unspecified atom stereocenters. The predicted molar refractivity (Wildman–Crippen MR) is 86.2 cm³/mol. The van der Waals surface area contributed by atoms with Crippen molar-refractivity contribution in [2.24, 2.45) is 0 Å². The van der Waals surface area contributed by atoms with Crippen molar-refractivity contribution in [3.63, 3.8) is 0 Å². The average Bonchev–Trinajstić information content (AvgIpc) is 3.17. The molecule has 0 aliphatic carbocycles. The predicted octanol–water partition coefficient (Wildman–Crippen LogP) is 4.67. The number of nitrogens with zero attached hydrogens (tertiary/aromatic N) is 2. The van der Waals surface area contributed by atoms with Gasteiger partial charge in [-0.25, -0.2) is 9.07 Å². The van der Waals surface area contributed by atoms with E-state index < -0.39 is 11.7 Å². The summed E-state index contributed by atoms with van der Waals surface area (Å²) in [5, 5.41) is 7.51. The molecule has 0 fully saturated rings. The molecule has 128 valence electrons. The summed E-state index contributed by atoms with van der Waals surface area (Å²) in [6.07, 6.45) is -3.83. The third-order valence-corrected chi connectivity index (χ3v) is 4.21. The summed E-state index contributed by atoms with van der Waals surface area (Å²) < 4.78 is 54.5. The summed E-state index contributed by atoms with van der Waals surface area (Å²) in [5.41, 5.74) is 1.29. The van der Waals surface area contributed by atoms with Gasteiger partial charge in [-0.2, -0.15) is 18.3 Å².